The molecular formula is C20H22ClN3O6S. The number of ether oxygens (including phenoxy) is 2. The van der Waals surface area contributed by atoms with Gasteiger partial charge in [-0.3, -0.25) is 4.79 Å². The fraction of sp³-hybridized carbons (Fsp3) is 0.350. The summed E-state index contributed by atoms with van der Waals surface area (Å²) in [5, 5.41) is 2.92. The summed E-state index contributed by atoms with van der Waals surface area (Å²) in [4.78, 5) is 28.7. The van der Waals surface area contributed by atoms with Crippen LogP contribution in [0.25, 0.3) is 0 Å². The van der Waals surface area contributed by atoms with E-state index in [1.54, 1.807) is 6.07 Å². The van der Waals surface area contributed by atoms with Crippen LogP contribution in [-0.4, -0.2) is 55.9 Å². The molecule has 1 aromatic heterocycles. The van der Waals surface area contributed by atoms with Gasteiger partial charge < -0.3 is 14.8 Å². The summed E-state index contributed by atoms with van der Waals surface area (Å²) in [5.41, 5.74) is -0.0113. The molecule has 1 atom stereocenters. The Morgan fingerprint density at radius 3 is 2.52 bits per heavy atom. The van der Waals surface area contributed by atoms with E-state index in [0.29, 0.717) is 18.1 Å². The van der Waals surface area contributed by atoms with Crippen LogP contribution in [0.4, 0.5) is 5.82 Å². The topological polar surface area (TPSA) is 115 Å². The minimum Gasteiger partial charge on any atom is -0.495 e. The van der Waals surface area contributed by atoms with E-state index in [1.807, 2.05) is 0 Å². The van der Waals surface area contributed by atoms with Crippen molar-refractivity contribution in [1.82, 2.24) is 9.29 Å². The Hall–Kier alpha value is -2.69. The highest BCUT2D eigenvalue weighted by atomic mass is 35.5. The number of anilines is 1. The molecule has 0 bridgehead atoms. The molecule has 1 fully saturated rings. The molecule has 0 saturated carbocycles. The van der Waals surface area contributed by atoms with E-state index in [-0.39, 0.29) is 22.0 Å². The third-order valence-corrected chi connectivity index (χ3v) is 6.86. The maximum absolute atomic E-state index is 13.0. The third-order valence-electron chi connectivity index (χ3n) is 4.71. The lowest BCUT2D eigenvalue weighted by Crippen LogP contribution is -2.30. The molecule has 0 radical (unpaired) electrons. The van der Waals surface area contributed by atoms with Gasteiger partial charge in [0.2, 0.25) is 10.0 Å². The van der Waals surface area contributed by atoms with Gasteiger partial charge in [-0.25, -0.2) is 18.2 Å². The van der Waals surface area contributed by atoms with Crippen LogP contribution in [0.1, 0.15) is 30.1 Å². The molecule has 1 N–H and O–H groups in total. The van der Waals surface area contributed by atoms with Crippen LogP contribution < -0.4 is 10.1 Å². The molecule has 1 aliphatic heterocycles. The van der Waals surface area contributed by atoms with Gasteiger partial charge in [0.25, 0.3) is 5.91 Å². The lowest BCUT2D eigenvalue weighted by atomic mass is 10.2. The highest BCUT2D eigenvalue weighted by Crippen LogP contribution is 2.30. The molecule has 3 rings (SSSR count). The molecule has 2 heterocycles. The summed E-state index contributed by atoms with van der Waals surface area (Å²) in [5.74, 6) is -1.06. The minimum absolute atomic E-state index is 0.0113. The lowest BCUT2D eigenvalue weighted by Gasteiger charge is -2.18. The Labute approximate surface area is 185 Å². The number of amides is 1. The first-order chi connectivity index (χ1) is 14.7. The number of nitrogens with one attached hydrogen (secondary N) is 1. The number of nitrogens with zero attached hydrogens (tertiary/aromatic N) is 2. The van der Waals surface area contributed by atoms with Crippen LogP contribution in [0.2, 0.25) is 5.02 Å². The maximum atomic E-state index is 13.0. The summed E-state index contributed by atoms with van der Waals surface area (Å²) < 4.78 is 37.7. The Bertz CT molecular complexity index is 1070. The van der Waals surface area contributed by atoms with Crippen molar-refractivity contribution in [3.63, 3.8) is 0 Å². The van der Waals surface area contributed by atoms with Crippen molar-refractivity contribution in [2.75, 3.05) is 25.5 Å². The number of aromatic nitrogens is 1. The molecule has 9 nitrogen and oxygen atoms in total. The zero-order valence-corrected chi connectivity index (χ0v) is 18.6. The molecule has 166 valence electrons. The van der Waals surface area contributed by atoms with E-state index < -0.39 is 28.0 Å². The van der Waals surface area contributed by atoms with Crippen molar-refractivity contribution in [3.05, 3.63) is 47.1 Å². The first-order valence-electron chi connectivity index (χ1n) is 9.54. The van der Waals surface area contributed by atoms with E-state index in [2.05, 4.69) is 10.3 Å². The van der Waals surface area contributed by atoms with Gasteiger partial charge in [-0.2, -0.15) is 4.31 Å². The van der Waals surface area contributed by atoms with E-state index in [0.717, 1.165) is 12.8 Å². The standard InChI is InChI=1S/C20H22ClN3O6S/c1-13(19(25)23-18-8-6-15(21)12-22-18)30-20(26)14-5-7-16(29-2)17(11-14)31(27,28)24-9-3-4-10-24/h5-8,11-13H,3-4,9-10H2,1-2H3,(H,22,23,25). The highest BCUT2D eigenvalue weighted by Gasteiger charge is 2.31. The van der Waals surface area contributed by atoms with Crippen molar-refractivity contribution in [2.24, 2.45) is 0 Å². The number of hydrogen-bond acceptors (Lipinski definition) is 7. The number of hydrogen-bond donors (Lipinski definition) is 1. The second-order valence-corrected chi connectivity index (χ2v) is 9.22. The lowest BCUT2D eigenvalue weighted by molar-refractivity contribution is -0.123. The van der Waals surface area contributed by atoms with Crippen LogP contribution in [0, 0.1) is 0 Å². The summed E-state index contributed by atoms with van der Waals surface area (Å²) in [6, 6.07) is 7.05. The zero-order chi connectivity index (χ0) is 22.6. The number of esters is 1. The number of halogens is 1. The number of carbonyl (C=O) groups excluding carboxylic acids is 2. The van der Waals surface area contributed by atoms with Gasteiger partial charge in [0.15, 0.2) is 6.10 Å². The zero-order valence-electron chi connectivity index (χ0n) is 17.0. The summed E-state index contributed by atoms with van der Waals surface area (Å²) in [7, 11) is -2.47. The van der Waals surface area contributed by atoms with Crippen LogP contribution in [0.3, 0.4) is 0 Å². The normalized spacial score (nSPS) is 15.3. The Balaban J connectivity index is 1.75. The number of rotatable bonds is 7. The Kier molecular flexibility index (Phi) is 7.14. The molecular weight excluding hydrogens is 446 g/mol. The molecule has 1 amide bonds. The van der Waals surface area contributed by atoms with Gasteiger partial charge in [0.1, 0.15) is 16.5 Å². The summed E-state index contributed by atoms with van der Waals surface area (Å²) in [6.45, 7) is 2.22. The molecule has 1 aromatic carbocycles. The first kappa shape index (κ1) is 23.0. The molecule has 1 unspecified atom stereocenters. The van der Waals surface area contributed by atoms with Crippen molar-refractivity contribution >= 4 is 39.3 Å². The van der Waals surface area contributed by atoms with Gasteiger partial charge in [-0.05, 0) is 50.1 Å². The van der Waals surface area contributed by atoms with Crippen molar-refractivity contribution in [3.8, 4) is 5.75 Å². The second kappa shape index (κ2) is 9.63. The van der Waals surface area contributed by atoms with Crippen molar-refractivity contribution in [2.45, 2.75) is 30.8 Å². The number of pyridine rings is 1. The fourth-order valence-corrected chi connectivity index (χ4v) is 4.84. The molecule has 2 aromatic rings. The smallest absolute Gasteiger partial charge is 0.338 e. The van der Waals surface area contributed by atoms with E-state index in [1.165, 1.54) is 48.8 Å². The number of methoxy groups -OCH3 is 1. The largest absolute Gasteiger partial charge is 0.495 e. The van der Waals surface area contributed by atoms with Crippen molar-refractivity contribution < 1.29 is 27.5 Å². The average Bonchev–Trinajstić information content (AvgIpc) is 3.30. The van der Waals surface area contributed by atoms with E-state index in [4.69, 9.17) is 21.1 Å². The summed E-state index contributed by atoms with van der Waals surface area (Å²) >= 11 is 5.76. The second-order valence-electron chi connectivity index (χ2n) is 6.88. The molecule has 31 heavy (non-hydrogen) atoms. The first-order valence-corrected chi connectivity index (χ1v) is 11.4. The maximum Gasteiger partial charge on any atom is 0.338 e. The van der Waals surface area contributed by atoms with Crippen LogP contribution in [0.5, 0.6) is 5.75 Å². The average molecular weight is 468 g/mol. The van der Waals surface area contributed by atoms with Gasteiger partial charge in [0, 0.05) is 19.3 Å². The predicted molar refractivity (Wildman–Crippen MR) is 114 cm³/mol. The molecule has 0 spiro atoms. The Morgan fingerprint density at radius 1 is 1.19 bits per heavy atom. The van der Waals surface area contributed by atoms with Crippen LogP contribution >= 0.6 is 11.6 Å². The predicted octanol–water partition coefficient (Wildman–Crippen LogP) is 2.71. The van der Waals surface area contributed by atoms with Crippen molar-refractivity contribution in [1.29, 1.82) is 0 Å². The van der Waals surface area contributed by atoms with Gasteiger partial charge in [0.05, 0.1) is 17.7 Å². The Morgan fingerprint density at radius 2 is 1.90 bits per heavy atom. The van der Waals surface area contributed by atoms with E-state index >= 15 is 0 Å². The van der Waals surface area contributed by atoms with Gasteiger partial charge in [-0.15, -0.1) is 0 Å². The minimum atomic E-state index is -3.82. The van der Waals surface area contributed by atoms with Crippen LogP contribution in [0.15, 0.2) is 41.4 Å². The molecule has 1 aliphatic rings. The number of benzene rings is 1. The van der Waals surface area contributed by atoms with Crippen LogP contribution in [-0.2, 0) is 19.6 Å². The quantitative estimate of drug-likeness (QED) is 0.622. The number of sulfonamides is 1. The molecule has 1 saturated heterocycles. The number of carbonyl (C=O) groups is 2. The van der Waals surface area contributed by atoms with E-state index in [9.17, 15) is 18.0 Å². The molecule has 0 aliphatic carbocycles. The van der Waals surface area contributed by atoms with Gasteiger partial charge in [-0.1, -0.05) is 11.6 Å². The fourth-order valence-electron chi connectivity index (χ4n) is 3.03. The monoisotopic (exact) mass is 467 g/mol. The highest BCUT2D eigenvalue weighted by molar-refractivity contribution is 7.89. The van der Waals surface area contributed by atoms with Gasteiger partial charge >= 0.3 is 5.97 Å². The molecule has 11 heteroatoms. The third kappa shape index (κ3) is 5.33. The summed E-state index contributed by atoms with van der Waals surface area (Å²) in [6.07, 6.45) is 1.77. The SMILES string of the molecule is COc1ccc(C(=O)OC(C)C(=O)Nc2ccc(Cl)cn2)cc1S(=O)(=O)N1CCCC1.